The molecule has 2 nitrogen and oxygen atoms in total. The smallest absolute Gasteiger partial charge is 0.0810 e. The second-order valence-corrected chi connectivity index (χ2v) is 6.92. The van der Waals surface area contributed by atoms with Crippen molar-refractivity contribution in [1.82, 2.24) is 5.32 Å². The van der Waals surface area contributed by atoms with Crippen LogP contribution in [0.25, 0.3) is 0 Å². The molecule has 0 unspecified atom stereocenters. The zero-order chi connectivity index (χ0) is 13.6. The third-order valence-corrected chi connectivity index (χ3v) is 5.03. The van der Waals surface area contributed by atoms with E-state index in [1.807, 2.05) is 0 Å². The van der Waals surface area contributed by atoms with Crippen LogP contribution in [0.2, 0.25) is 0 Å². The molecule has 1 N–H and O–H groups in total. The molecule has 0 bridgehead atoms. The van der Waals surface area contributed by atoms with Gasteiger partial charge in [-0.3, -0.25) is 0 Å². The highest BCUT2D eigenvalue weighted by atomic mass is 16.5. The molecule has 0 spiro atoms. The molecule has 19 heavy (non-hydrogen) atoms. The number of nitrogens with one attached hydrogen (secondary N) is 1. The zero-order valence-corrected chi connectivity index (χ0v) is 13.0. The molecule has 2 fully saturated rings. The van der Waals surface area contributed by atoms with E-state index in [0.29, 0.717) is 6.10 Å². The van der Waals surface area contributed by atoms with Crippen LogP contribution in [0.1, 0.15) is 78.1 Å². The van der Waals surface area contributed by atoms with Gasteiger partial charge in [-0.15, -0.1) is 0 Å². The highest BCUT2D eigenvalue weighted by Gasteiger charge is 2.37. The maximum absolute atomic E-state index is 6.65. The minimum atomic E-state index is 0.156. The summed E-state index contributed by atoms with van der Waals surface area (Å²) in [6.07, 6.45) is 13.7. The van der Waals surface area contributed by atoms with E-state index in [0.717, 1.165) is 19.0 Å². The van der Waals surface area contributed by atoms with Crippen LogP contribution in [-0.4, -0.2) is 24.8 Å². The summed E-state index contributed by atoms with van der Waals surface area (Å²) in [4.78, 5) is 0. The predicted octanol–water partition coefficient (Wildman–Crippen LogP) is 4.28. The molecular formula is C17H33NO. The molecule has 0 heterocycles. The third-order valence-electron chi connectivity index (χ3n) is 5.03. The van der Waals surface area contributed by atoms with Gasteiger partial charge in [-0.1, -0.05) is 33.1 Å². The molecule has 2 aliphatic carbocycles. The molecule has 0 radical (unpaired) electrons. The lowest BCUT2D eigenvalue weighted by Crippen LogP contribution is -2.48. The maximum Gasteiger partial charge on any atom is 0.0810 e. The zero-order valence-electron chi connectivity index (χ0n) is 13.0. The second kappa shape index (κ2) is 7.64. The first-order valence-electron chi connectivity index (χ1n) is 8.63. The predicted molar refractivity (Wildman–Crippen MR) is 81.5 cm³/mol. The van der Waals surface area contributed by atoms with E-state index in [2.05, 4.69) is 19.2 Å². The fourth-order valence-corrected chi connectivity index (χ4v) is 3.65. The van der Waals surface area contributed by atoms with E-state index in [1.165, 1.54) is 64.2 Å². The molecule has 0 atom stereocenters. The van der Waals surface area contributed by atoms with Crippen molar-refractivity contribution in [3.05, 3.63) is 0 Å². The van der Waals surface area contributed by atoms with Gasteiger partial charge in [0.2, 0.25) is 0 Å². The maximum atomic E-state index is 6.65. The summed E-state index contributed by atoms with van der Waals surface area (Å²) in [7, 11) is 0. The topological polar surface area (TPSA) is 21.3 Å². The Morgan fingerprint density at radius 3 is 2.37 bits per heavy atom. The van der Waals surface area contributed by atoms with Crippen molar-refractivity contribution in [1.29, 1.82) is 0 Å². The summed E-state index contributed by atoms with van der Waals surface area (Å²) in [6, 6.07) is 0. The summed E-state index contributed by atoms with van der Waals surface area (Å²) in [6.45, 7) is 6.84. The SMILES string of the molecule is CCCNCC1(OC2CCCCC2)CCC(C)CC1. The van der Waals surface area contributed by atoms with Gasteiger partial charge in [0.25, 0.3) is 0 Å². The van der Waals surface area contributed by atoms with Crippen LogP contribution in [0.3, 0.4) is 0 Å². The van der Waals surface area contributed by atoms with Crippen LogP contribution in [0.5, 0.6) is 0 Å². The molecule has 0 aromatic carbocycles. The lowest BCUT2D eigenvalue weighted by molar-refractivity contribution is -0.126. The number of ether oxygens (including phenoxy) is 1. The van der Waals surface area contributed by atoms with Crippen molar-refractivity contribution in [2.75, 3.05) is 13.1 Å². The van der Waals surface area contributed by atoms with Crippen molar-refractivity contribution in [3.8, 4) is 0 Å². The summed E-state index contributed by atoms with van der Waals surface area (Å²) in [5, 5.41) is 3.63. The van der Waals surface area contributed by atoms with Crippen molar-refractivity contribution in [3.63, 3.8) is 0 Å². The minimum absolute atomic E-state index is 0.156. The van der Waals surface area contributed by atoms with Gasteiger partial charge < -0.3 is 10.1 Å². The van der Waals surface area contributed by atoms with Crippen LogP contribution in [-0.2, 0) is 4.74 Å². The van der Waals surface area contributed by atoms with Crippen molar-refractivity contribution in [2.45, 2.75) is 89.8 Å². The summed E-state index contributed by atoms with van der Waals surface area (Å²) in [5.41, 5.74) is 0.156. The molecule has 2 saturated carbocycles. The first-order valence-corrected chi connectivity index (χ1v) is 8.63. The molecule has 2 heteroatoms. The molecular weight excluding hydrogens is 234 g/mol. The van der Waals surface area contributed by atoms with Crippen molar-refractivity contribution >= 4 is 0 Å². The quantitative estimate of drug-likeness (QED) is 0.725. The van der Waals surface area contributed by atoms with E-state index in [-0.39, 0.29) is 5.60 Å². The largest absolute Gasteiger partial charge is 0.370 e. The molecule has 2 aliphatic rings. The number of rotatable bonds is 6. The Balaban J connectivity index is 1.88. The fraction of sp³-hybridized carbons (Fsp3) is 1.00. The Morgan fingerprint density at radius 2 is 1.74 bits per heavy atom. The van der Waals surface area contributed by atoms with Gasteiger partial charge >= 0.3 is 0 Å². The normalized spacial score (nSPS) is 33.5. The van der Waals surface area contributed by atoms with Crippen LogP contribution in [0.4, 0.5) is 0 Å². The summed E-state index contributed by atoms with van der Waals surface area (Å²) >= 11 is 0. The molecule has 0 saturated heterocycles. The molecule has 2 rings (SSSR count). The standard InChI is InChI=1S/C17H33NO/c1-3-13-18-14-17(11-9-15(2)10-12-17)19-16-7-5-4-6-8-16/h15-16,18H,3-14H2,1-2H3. The third kappa shape index (κ3) is 4.75. The summed E-state index contributed by atoms with van der Waals surface area (Å²) in [5.74, 6) is 0.897. The Kier molecular flexibility index (Phi) is 6.15. The molecule has 112 valence electrons. The minimum Gasteiger partial charge on any atom is -0.370 e. The van der Waals surface area contributed by atoms with E-state index in [1.54, 1.807) is 0 Å². The van der Waals surface area contributed by atoms with Crippen LogP contribution >= 0.6 is 0 Å². The average Bonchev–Trinajstić information content (AvgIpc) is 2.44. The fourth-order valence-electron chi connectivity index (χ4n) is 3.65. The van der Waals surface area contributed by atoms with Crippen molar-refractivity contribution in [2.24, 2.45) is 5.92 Å². The Morgan fingerprint density at radius 1 is 1.05 bits per heavy atom. The average molecular weight is 267 g/mol. The van der Waals surface area contributed by atoms with Crippen molar-refractivity contribution < 1.29 is 4.74 Å². The van der Waals surface area contributed by atoms with Gasteiger partial charge in [-0.05, 0) is 57.4 Å². The van der Waals surface area contributed by atoms with E-state index in [9.17, 15) is 0 Å². The van der Waals surface area contributed by atoms with Crippen LogP contribution in [0, 0.1) is 5.92 Å². The highest BCUT2D eigenvalue weighted by molar-refractivity contribution is 4.90. The highest BCUT2D eigenvalue weighted by Crippen LogP contribution is 2.37. The van der Waals surface area contributed by atoms with Gasteiger partial charge in [0, 0.05) is 6.54 Å². The number of hydrogen-bond acceptors (Lipinski definition) is 2. The van der Waals surface area contributed by atoms with Gasteiger partial charge in [-0.25, -0.2) is 0 Å². The Labute approximate surface area is 119 Å². The Bertz CT molecular complexity index is 240. The molecule has 0 aliphatic heterocycles. The van der Waals surface area contributed by atoms with Gasteiger partial charge in [-0.2, -0.15) is 0 Å². The van der Waals surface area contributed by atoms with Gasteiger partial charge in [0.15, 0.2) is 0 Å². The van der Waals surface area contributed by atoms with E-state index >= 15 is 0 Å². The molecule has 0 aromatic heterocycles. The van der Waals surface area contributed by atoms with Gasteiger partial charge in [0.1, 0.15) is 0 Å². The monoisotopic (exact) mass is 267 g/mol. The molecule has 0 amide bonds. The van der Waals surface area contributed by atoms with E-state index < -0.39 is 0 Å². The van der Waals surface area contributed by atoms with E-state index in [4.69, 9.17) is 4.74 Å². The Hall–Kier alpha value is -0.0800. The van der Waals surface area contributed by atoms with Crippen LogP contribution < -0.4 is 5.32 Å². The molecule has 0 aromatic rings. The lowest BCUT2D eigenvalue weighted by Gasteiger charge is -2.43. The second-order valence-electron chi connectivity index (χ2n) is 6.92. The van der Waals surface area contributed by atoms with Gasteiger partial charge in [0.05, 0.1) is 11.7 Å². The summed E-state index contributed by atoms with van der Waals surface area (Å²) < 4.78 is 6.65. The first-order chi connectivity index (χ1) is 9.24. The lowest BCUT2D eigenvalue weighted by atomic mass is 9.79. The first kappa shape index (κ1) is 15.3. The van der Waals surface area contributed by atoms with Crippen LogP contribution in [0.15, 0.2) is 0 Å². The number of hydrogen-bond donors (Lipinski definition) is 1.